The van der Waals surface area contributed by atoms with E-state index in [-0.39, 0.29) is 13.1 Å². The second-order valence-corrected chi connectivity index (χ2v) is 8.65. The molecule has 0 amide bonds. The van der Waals surface area contributed by atoms with E-state index in [2.05, 4.69) is 10.2 Å². The summed E-state index contributed by atoms with van der Waals surface area (Å²) in [7, 11) is -0.0734. The minimum atomic E-state index is -4.07. The third-order valence-corrected chi connectivity index (χ3v) is 6.41. The number of hydrogen-bond acceptors (Lipinski definition) is 4. The Morgan fingerprint density at radius 2 is 1.88 bits per heavy atom. The van der Waals surface area contributed by atoms with Gasteiger partial charge in [0.25, 0.3) is 0 Å². The molecule has 1 aromatic rings. The molecule has 1 aliphatic rings. The zero-order chi connectivity index (χ0) is 19.3. The summed E-state index contributed by atoms with van der Waals surface area (Å²) in [5, 5.41) is 3.74. The maximum absolute atomic E-state index is 13.8. The number of halogens is 2. The molecule has 1 N–H and O–H groups in total. The van der Waals surface area contributed by atoms with E-state index in [0.717, 1.165) is 35.9 Å². The van der Waals surface area contributed by atoms with Gasteiger partial charge in [-0.25, -0.2) is 17.2 Å². The zero-order valence-corrected chi connectivity index (χ0v) is 16.5. The Bertz CT molecular complexity index is 736. The van der Waals surface area contributed by atoms with Crippen molar-refractivity contribution in [3.8, 4) is 0 Å². The topological polar surface area (TPSA) is 55.9 Å². The number of rotatable bonds is 6. The van der Waals surface area contributed by atoms with Gasteiger partial charge in [0.1, 0.15) is 16.5 Å². The number of benzene rings is 1. The fraction of sp³-hybridized carbons (Fsp3) is 0.562. The Balaban J connectivity index is 1.91. The van der Waals surface area contributed by atoms with Crippen molar-refractivity contribution in [2.24, 2.45) is 0 Å². The van der Waals surface area contributed by atoms with Crippen LogP contribution >= 0.6 is 12.2 Å². The van der Waals surface area contributed by atoms with Crippen LogP contribution in [0.1, 0.15) is 6.42 Å². The third kappa shape index (κ3) is 5.32. The first-order valence-electron chi connectivity index (χ1n) is 8.34. The monoisotopic (exact) mass is 406 g/mol. The largest absolute Gasteiger partial charge is 0.363 e. The van der Waals surface area contributed by atoms with Crippen LogP contribution in [-0.4, -0.2) is 81.0 Å². The molecule has 10 heteroatoms. The molecule has 2 rings (SSSR count). The predicted molar refractivity (Wildman–Crippen MR) is 100 cm³/mol. The lowest BCUT2D eigenvalue weighted by Gasteiger charge is -2.35. The van der Waals surface area contributed by atoms with Crippen LogP contribution < -0.4 is 5.32 Å². The summed E-state index contributed by atoms with van der Waals surface area (Å²) in [4.78, 5) is 3.34. The molecule has 1 aromatic carbocycles. The van der Waals surface area contributed by atoms with Gasteiger partial charge in [-0.15, -0.1) is 0 Å². The van der Waals surface area contributed by atoms with E-state index in [1.165, 1.54) is 0 Å². The maximum atomic E-state index is 13.8. The van der Waals surface area contributed by atoms with Gasteiger partial charge in [-0.05, 0) is 57.5 Å². The smallest absolute Gasteiger partial charge is 0.246 e. The first kappa shape index (κ1) is 20.9. The van der Waals surface area contributed by atoms with Gasteiger partial charge in [-0.1, -0.05) is 0 Å². The van der Waals surface area contributed by atoms with E-state index in [0.29, 0.717) is 24.3 Å². The van der Waals surface area contributed by atoms with Gasteiger partial charge in [-0.2, -0.15) is 4.31 Å². The number of piperazine rings is 1. The summed E-state index contributed by atoms with van der Waals surface area (Å²) in [5.41, 5.74) is 0. The Morgan fingerprint density at radius 1 is 1.23 bits per heavy atom. The van der Waals surface area contributed by atoms with E-state index in [4.69, 9.17) is 12.2 Å². The maximum Gasteiger partial charge on any atom is 0.246 e. The average molecular weight is 407 g/mol. The molecule has 0 atom stereocenters. The van der Waals surface area contributed by atoms with E-state index >= 15 is 0 Å². The molecule has 0 unspecified atom stereocenters. The molecule has 0 aromatic heterocycles. The van der Waals surface area contributed by atoms with Gasteiger partial charge >= 0.3 is 0 Å². The van der Waals surface area contributed by atoms with Gasteiger partial charge in [0.15, 0.2) is 5.11 Å². The standard InChI is InChI=1S/C16H24F2N4O2S2/c1-20(2)7-3-6-19-16(25)21-8-10-22(11-9-21)26(23,24)15-12-13(17)4-5-14(15)18/h4-5,12H,3,6-11H2,1-2H3,(H,19,25). The van der Waals surface area contributed by atoms with Crippen molar-refractivity contribution >= 4 is 27.4 Å². The molecule has 1 saturated heterocycles. The lowest BCUT2D eigenvalue weighted by molar-refractivity contribution is 0.263. The number of sulfonamides is 1. The Hall–Kier alpha value is -1.36. The Kier molecular flexibility index (Phi) is 7.27. The molecule has 6 nitrogen and oxygen atoms in total. The SMILES string of the molecule is CN(C)CCCNC(=S)N1CCN(S(=O)(=O)c2cc(F)ccc2F)CC1. The van der Waals surface area contributed by atoms with Gasteiger partial charge in [0.05, 0.1) is 0 Å². The number of hydrogen-bond donors (Lipinski definition) is 1. The molecule has 1 aliphatic heterocycles. The van der Waals surface area contributed by atoms with Crippen molar-refractivity contribution in [1.82, 2.24) is 19.4 Å². The van der Waals surface area contributed by atoms with E-state index in [1.807, 2.05) is 19.0 Å². The zero-order valence-electron chi connectivity index (χ0n) is 14.9. The first-order valence-corrected chi connectivity index (χ1v) is 10.2. The lowest BCUT2D eigenvalue weighted by Crippen LogP contribution is -2.53. The molecule has 0 saturated carbocycles. The van der Waals surface area contributed by atoms with Crippen molar-refractivity contribution in [1.29, 1.82) is 0 Å². The van der Waals surface area contributed by atoms with E-state index in [1.54, 1.807) is 0 Å². The number of nitrogens with zero attached hydrogens (tertiary/aromatic N) is 3. The highest BCUT2D eigenvalue weighted by molar-refractivity contribution is 7.89. The van der Waals surface area contributed by atoms with Crippen molar-refractivity contribution in [2.75, 3.05) is 53.4 Å². The molecular weight excluding hydrogens is 382 g/mol. The Morgan fingerprint density at radius 3 is 2.50 bits per heavy atom. The molecule has 1 heterocycles. The normalized spacial score (nSPS) is 16.1. The van der Waals surface area contributed by atoms with Crippen LogP contribution in [0.5, 0.6) is 0 Å². The van der Waals surface area contributed by atoms with Crippen LogP contribution in [0.2, 0.25) is 0 Å². The van der Waals surface area contributed by atoms with Crippen molar-refractivity contribution in [3.05, 3.63) is 29.8 Å². The summed E-state index contributed by atoms with van der Waals surface area (Å²) in [5.74, 6) is -1.74. The molecule has 26 heavy (non-hydrogen) atoms. The summed E-state index contributed by atoms with van der Waals surface area (Å²) < 4.78 is 53.4. The number of thiocarbonyl (C=S) groups is 1. The summed E-state index contributed by atoms with van der Waals surface area (Å²) >= 11 is 5.34. The molecule has 0 bridgehead atoms. The van der Waals surface area contributed by atoms with Crippen LogP contribution in [-0.2, 0) is 10.0 Å². The predicted octanol–water partition coefficient (Wildman–Crippen LogP) is 1.10. The highest BCUT2D eigenvalue weighted by Crippen LogP contribution is 2.21. The number of nitrogens with one attached hydrogen (secondary N) is 1. The van der Waals surface area contributed by atoms with E-state index < -0.39 is 26.6 Å². The molecule has 0 spiro atoms. The summed E-state index contributed by atoms with van der Waals surface area (Å²) in [6.45, 7) is 2.81. The average Bonchev–Trinajstić information content (AvgIpc) is 2.60. The van der Waals surface area contributed by atoms with E-state index in [9.17, 15) is 17.2 Å². The van der Waals surface area contributed by atoms with Gasteiger partial charge in [0, 0.05) is 32.7 Å². The molecule has 1 fully saturated rings. The van der Waals surface area contributed by atoms with Crippen LogP contribution in [0, 0.1) is 11.6 Å². The van der Waals surface area contributed by atoms with Gasteiger partial charge < -0.3 is 15.1 Å². The van der Waals surface area contributed by atoms with Crippen molar-refractivity contribution in [3.63, 3.8) is 0 Å². The molecule has 0 radical (unpaired) electrons. The van der Waals surface area contributed by atoms with Crippen LogP contribution in [0.25, 0.3) is 0 Å². The molecular formula is C16H24F2N4O2S2. The molecule has 0 aliphatic carbocycles. The van der Waals surface area contributed by atoms with Crippen LogP contribution in [0.15, 0.2) is 23.1 Å². The second-order valence-electron chi connectivity index (χ2n) is 6.35. The Labute approximate surface area is 158 Å². The second kappa shape index (κ2) is 9.03. The summed E-state index contributed by atoms with van der Waals surface area (Å²) in [6, 6.07) is 2.44. The van der Waals surface area contributed by atoms with Crippen LogP contribution in [0.4, 0.5) is 8.78 Å². The van der Waals surface area contributed by atoms with Crippen molar-refractivity contribution in [2.45, 2.75) is 11.3 Å². The minimum absolute atomic E-state index is 0.164. The van der Waals surface area contributed by atoms with Gasteiger partial charge in [0.2, 0.25) is 10.0 Å². The first-order chi connectivity index (χ1) is 12.2. The highest BCUT2D eigenvalue weighted by Gasteiger charge is 2.31. The van der Waals surface area contributed by atoms with Gasteiger partial charge in [-0.3, -0.25) is 0 Å². The minimum Gasteiger partial charge on any atom is -0.363 e. The van der Waals surface area contributed by atoms with Crippen molar-refractivity contribution < 1.29 is 17.2 Å². The highest BCUT2D eigenvalue weighted by atomic mass is 32.2. The van der Waals surface area contributed by atoms with Crippen LogP contribution in [0.3, 0.4) is 0 Å². The fourth-order valence-corrected chi connectivity index (χ4v) is 4.43. The lowest BCUT2D eigenvalue weighted by atomic mass is 10.3. The molecule has 146 valence electrons. The third-order valence-electron chi connectivity index (χ3n) is 4.10. The quantitative estimate of drug-likeness (QED) is 0.564. The fourth-order valence-electron chi connectivity index (χ4n) is 2.65. The summed E-state index contributed by atoms with van der Waals surface area (Å²) in [6.07, 6.45) is 0.945.